The van der Waals surface area contributed by atoms with Gasteiger partial charge in [0.1, 0.15) is 5.75 Å². The molecule has 0 spiro atoms. The largest absolute Gasteiger partial charge is 0.497 e. The van der Waals surface area contributed by atoms with E-state index in [0.29, 0.717) is 16.7 Å². The summed E-state index contributed by atoms with van der Waals surface area (Å²) in [6.07, 6.45) is 3.56. The molecule has 3 aromatic carbocycles. The maximum atomic E-state index is 13.2. The minimum Gasteiger partial charge on any atom is -0.497 e. The van der Waals surface area contributed by atoms with Gasteiger partial charge in [-0.05, 0) is 48.4 Å². The van der Waals surface area contributed by atoms with Crippen molar-refractivity contribution in [2.75, 3.05) is 7.11 Å². The standard InChI is InChI=1S/C29H25N5O4/c1-18-25(15-30-34(18)22-6-4-3-5-7-22)19-8-11-21(12-9-19)29(27(36)31-28(37)32-29)17-33-16-20-10-13-23(38-2)14-24(20)26(33)35/h3-16,35H,17H2,1-2H3,(H2,31,32,36,37)/t29-/m0/s1. The third kappa shape index (κ3) is 3.67. The van der Waals surface area contributed by atoms with Gasteiger partial charge in [0.05, 0.1) is 25.5 Å². The third-order valence-electron chi connectivity index (χ3n) is 7.12. The molecular formula is C29H25N5O4. The second-order valence-corrected chi connectivity index (χ2v) is 9.32. The summed E-state index contributed by atoms with van der Waals surface area (Å²) in [4.78, 5) is 25.5. The van der Waals surface area contributed by atoms with E-state index in [4.69, 9.17) is 4.74 Å². The topological polar surface area (TPSA) is 110 Å². The monoisotopic (exact) mass is 507 g/mol. The van der Waals surface area contributed by atoms with Crippen LogP contribution in [-0.2, 0) is 16.9 Å². The van der Waals surface area contributed by atoms with Crippen molar-refractivity contribution in [2.24, 2.45) is 0 Å². The number of hydrogen-bond donors (Lipinski definition) is 3. The zero-order chi connectivity index (χ0) is 26.4. The molecule has 0 radical (unpaired) electrons. The zero-order valence-corrected chi connectivity index (χ0v) is 20.8. The van der Waals surface area contributed by atoms with Crippen LogP contribution in [0.5, 0.6) is 11.6 Å². The van der Waals surface area contributed by atoms with Crippen LogP contribution in [0.4, 0.5) is 4.79 Å². The van der Waals surface area contributed by atoms with Gasteiger partial charge in [-0.25, -0.2) is 9.48 Å². The molecule has 1 saturated heterocycles. The number of rotatable bonds is 6. The van der Waals surface area contributed by atoms with E-state index >= 15 is 0 Å². The molecule has 3 N–H and O–H groups in total. The summed E-state index contributed by atoms with van der Waals surface area (Å²) in [5, 5.41) is 22.0. The highest BCUT2D eigenvalue weighted by atomic mass is 16.5. The minimum atomic E-state index is -1.41. The average Bonchev–Trinajstić information content (AvgIpc) is 3.57. The maximum absolute atomic E-state index is 13.2. The number of methoxy groups -OCH3 is 1. The Morgan fingerprint density at radius 2 is 1.79 bits per heavy atom. The molecule has 1 fully saturated rings. The minimum absolute atomic E-state index is 0.00227. The lowest BCUT2D eigenvalue weighted by molar-refractivity contribution is -0.124. The van der Waals surface area contributed by atoms with Crippen LogP contribution in [0.15, 0.2) is 85.2 Å². The Kier molecular flexibility index (Phi) is 5.41. The molecule has 0 aliphatic carbocycles. The first-order valence-electron chi connectivity index (χ1n) is 12.1. The molecule has 3 amide bonds. The van der Waals surface area contributed by atoms with E-state index < -0.39 is 17.5 Å². The van der Waals surface area contributed by atoms with E-state index in [1.165, 1.54) is 0 Å². The normalized spacial score (nSPS) is 17.0. The van der Waals surface area contributed by atoms with Crippen LogP contribution < -0.4 is 15.4 Å². The summed E-state index contributed by atoms with van der Waals surface area (Å²) in [6, 6.07) is 22.1. The van der Waals surface area contributed by atoms with Gasteiger partial charge in [-0.2, -0.15) is 5.10 Å². The van der Waals surface area contributed by atoms with Crippen LogP contribution in [0, 0.1) is 6.92 Å². The summed E-state index contributed by atoms with van der Waals surface area (Å²) >= 11 is 0. The summed E-state index contributed by atoms with van der Waals surface area (Å²) in [5.74, 6) is 0.0968. The lowest BCUT2D eigenvalue weighted by atomic mass is 9.88. The SMILES string of the molecule is COc1ccc2cn(C[C@@]3(c4ccc(-c5cnn(-c6ccccc6)c5C)cc4)NC(=O)NC3=O)c(O)c2c1. The number of ether oxygens (including phenoxy) is 1. The molecule has 0 bridgehead atoms. The van der Waals surface area contributed by atoms with E-state index in [1.807, 2.05) is 78.5 Å². The number of carbonyl (C=O) groups excluding carboxylic acids is 2. The summed E-state index contributed by atoms with van der Waals surface area (Å²) in [5.41, 5.74) is 3.01. The molecular weight excluding hydrogens is 482 g/mol. The van der Waals surface area contributed by atoms with Crippen molar-refractivity contribution in [1.29, 1.82) is 0 Å². The Labute approximate surface area is 218 Å². The van der Waals surface area contributed by atoms with Crippen molar-refractivity contribution in [3.05, 3.63) is 96.4 Å². The van der Waals surface area contributed by atoms with Gasteiger partial charge in [0.15, 0.2) is 11.4 Å². The van der Waals surface area contributed by atoms with Gasteiger partial charge in [-0.15, -0.1) is 0 Å². The van der Waals surface area contributed by atoms with Gasteiger partial charge >= 0.3 is 6.03 Å². The Hall–Kier alpha value is -5.05. The summed E-state index contributed by atoms with van der Waals surface area (Å²) in [6.45, 7) is 2.00. The predicted octanol–water partition coefficient (Wildman–Crippen LogP) is 4.25. The van der Waals surface area contributed by atoms with E-state index in [2.05, 4.69) is 15.7 Å². The fraction of sp³-hybridized carbons (Fsp3) is 0.138. The Bertz CT molecular complexity index is 1690. The fourth-order valence-electron chi connectivity index (χ4n) is 5.08. The van der Waals surface area contributed by atoms with Crippen LogP contribution in [0.3, 0.4) is 0 Å². The molecule has 9 nitrogen and oxygen atoms in total. The lowest BCUT2D eigenvalue weighted by Gasteiger charge is -2.27. The first-order valence-corrected chi connectivity index (χ1v) is 12.1. The number of benzene rings is 3. The fourth-order valence-corrected chi connectivity index (χ4v) is 5.08. The number of aromatic hydroxyl groups is 1. The molecule has 1 aliphatic rings. The smallest absolute Gasteiger partial charge is 0.322 e. The number of fused-ring (bicyclic) bond motifs is 1. The number of nitrogens with zero attached hydrogens (tertiary/aromatic N) is 3. The van der Waals surface area contributed by atoms with Crippen molar-refractivity contribution < 1.29 is 19.4 Å². The molecule has 0 saturated carbocycles. The number of carbonyl (C=O) groups is 2. The van der Waals surface area contributed by atoms with Gasteiger partial charge in [-0.1, -0.05) is 42.5 Å². The van der Waals surface area contributed by atoms with Crippen LogP contribution in [0.1, 0.15) is 11.3 Å². The highest BCUT2D eigenvalue weighted by molar-refractivity contribution is 6.07. The molecule has 2 aromatic heterocycles. The Morgan fingerprint density at radius 3 is 2.47 bits per heavy atom. The Morgan fingerprint density at radius 1 is 1.03 bits per heavy atom. The molecule has 9 heteroatoms. The van der Waals surface area contributed by atoms with E-state index in [0.717, 1.165) is 27.9 Å². The second-order valence-electron chi connectivity index (χ2n) is 9.32. The van der Waals surface area contributed by atoms with Crippen molar-refractivity contribution in [1.82, 2.24) is 25.0 Å². The van der Waals surface area contributed by atoms with E-state index in [1.54, 1.807) is 30.0 Å². The zero-order valence-electron chi connectivity index (χ0n) is 20.8. The number of imide groups is 1. The van der Waals surface area contributed by atoms with Gasteiger partial charge < -0.3 is 19.7 Å². The summed E-state index contributed by atoms with van der Waals surface area (Å²) in [7, 11) is 1.56. The number of hydrogen-bond acceptors (Lipinski definition) is 5. The number of urea groups is 1. The van der Waals surface area contributed by atoms with Crippen molar-refractivity contribution in [2.45, 2.75) is 19.0 Å². The first-order chi connectivity index (χ1) is 18.4. The number of nitrogens with one attached hydrogen (secondary N) is 2. The molecule has 1 aliphatic heterocycles. The van der Waals surface area contributed by atoms with Gasteiger partial charge in [0.25, 0.3) is 5.91 Å². The molecule has 0 unspecified atom stereocenters. The maximum Gasteiger partial charge on any atom is 0.322 e. The molecule has 5 aromatic rings. The number of amides is 3. The highest BCUT2D eigenvalue weighted by Gasteiger charge is 2.48. The van der Waals surface area contributed by atoms with Crippen LogP contribution >= 0.6 is 0 Å². The quantitative estimate of drug-likeness (QED) is 0.298. The Balaban J connectivity index is 1.37. The molecule has 1 atom stereocenters. The van der Waals surface area contributed by atoms with Crippen LogP contribution in [0.2, 0.25) is 0 Å². The van der Waals surface area contributed by atoms with Gasteiger partial charge in [0.2, 0.25) is 0 Å². The van der Waals surface area contributed by atoms with Gasteiger partial charge in [-0.3, -0.25) is 10.1 Å². The third-order valence-corrected chi connectivity index (χ3v) is 7.12. The van der Waals surface area contributed by atoms with Crippen molar-refractivity contribution in [3.63, 3.8) is 0 Å². The van der Waals surface area contributed by atoms with Gasteiger partial charge in [0, 0.05) is 28.2 Å². The van der Waals surface area contributed by atoms with Crippen molar-refractivity contribution >= 4 is 22.7 Å². The first kappa shape index (κ1) is 23.4. The highest BCUT2D eigenvalue weighted by Crippen LogP contribution is 2.36. The molecule has 190 valence electrons. The molecule has 3 heterocycles. The molecule has 6 rings (SSSR count). The van der Waals surface area contributed by atoms with E-state index in [-0.39, 0.29) is 12.4 Å². The van der Waals surface area contributed by atoms with E-state index in [9.17, 15) is 14.7 Å². The van der Waals surface area contributed by atoms with Crippen LogP contribution in [0.25, 0.3) is 27.6 Å². The predicted molar refractivity (Wildman–Crippen MR) is 142 cm³/mol. The average molecular weight is 508 g/mol. The van der Waals surface area contributed by atoms with Crippen LogP contribution in [-0.4, -0.2) is 38.5 Å². The lowest BCUT2D eigenvalue weighted by Crippen LogP contribution is -2.47. The second kappa shape index (κ2) is 8.81. The van der Waals surface area contributed by atoms with Crippen molar-refractivity contribution in [3.8, 4) is 28.4 Å². The number of para-hydroxylation sites is 1. The summed E-state index contributed by atoms with van der Waals surface area (Å²) < 4.78 is 8.72. The molecule has 38 heavy (non-hydrogen) atoms. The number of aromatic nitrogens is 3.